The summed E-state index contributed by atoms with van der Waals surface area (Å²) in [6, 6.07) is 2.04. The number of carbonyl (C=O) groups is 3. The van der Waals surface area contributed by atoms with Crippen molar-refractivity contribution in [1.82, 2.24) is 20.4 Å². The van der Waals surface area contributed by atoms with Gasteiger partial charge in [0, 0.05) is 13.6 Å². The molecule has 1 aromatic carbocycles. The van der Waals surface area contributed by atoms with Crippen LogP contribution in [0, 0.1) is 5.92 Å². The van der Waals surface area contributed by atoms with E-state index in [0.29, 0.717) is 0 Å². The fraction of sp³-hybridized carbons (Fsp3) is 0.409. The van der Waals surface area contributed by atoms with Gasteiger partial charge in [0.2, 0.25) is 5.91 Å². The zero-order valence-electron chi connectivity index (χ0n) is 18.0. The molecule has 0 saturated heterocycles. The van der Waals surface area contributed by atoms with Crippen LogP contribution in [0.25, 0.3) is 0 Å². The van der Waals surface area contributed by atoms with Gasteiger partial charge >= 0.3 is 12.2 Å². The summed E-state index contributed by atoms with van der Waals surface area (Å²) in [6.45, 7) is 7.14. The fourth-order valence-electron chi connectivity index (χ4n) is 4.25. The lowest BCUT2D eigenvalue weighted by Gasteiger charge is -2.33. The fourth-order valence-corrected chi connectivity index (χ4v) is 4.25. The third kappa shape index (κ3) is 3.96. The Kier molecular flexibility index (Phi) is 6.34. The van der Waals surface area contributed by atoms with Crippen LogP contribution < -0.4 is 10.6 Å². The van der Waals surface area contributed by atoms with E-state index in [1.165, 1.54) is 41.1 Å². The molecule has 0 fully saturated rings. The van der Waals surface area contributed by atoms with E-state index in [-0.39, 0.29) is 35.8 Å². The number of alkyl halides is 3. The van der Waals surface area contributed by atoms with E-state index in [4.69, 9.17) is 0 Å². The Labute approximate surface area is 183 Å². The first kappa shape index (κ1) is 23.4. The Morgan fingerprint density at radius 2 is 1.97 bits per heavy atom. The van der Waals surface area contributed by atoms with Crippen molar-refractivity contribution in [3.8, 4) is 0 Å². The molecular formula is C22H25F3N4O3. The molecule has 172 valence electrons. The molecule has 2 aliphatic heterocycles. The number of carbonyl (C=O) groups excluding carboxylic acids is 3. The van der Waals surface area contributed by atoms with Gasteiger partial charge in [-0.3, -0.25) is 14.5 Å². The maximum Gasteiger partial charge on any atom is 0.416 e. The van der Waals surface area contributed by atoms with Crippen molar-refractivity contribution in [2.45, 2.75) is 32.1 Å². The first-order chi connectivity index (χ1) is 15.0. The van der Waals surface area contributed by atoms with Crippen molar-refractivity contribution in [2.75, 3.05) is 20.1 Å². The third-order valence-electron chi connectivity index (χ3n) is 5.62. The van der Waals surface area contributed by atoms with Gasteiger partial charge in [0.1, 0.15) is 6.04 Å². The van der Waals surface area contributed by atoms with E-state index in [2.05, 4.69) is 17.2 Å². The number of hydrogen-bond acceptors (Lipinski definition) is 3. The minimum absolute atomic E-state index is 0.0257. The lowest BCUT2D eigenvalue weighted by molar-refractivity contribution is -0.139. The molecule has 4 amide bonds. The van der Waals surface area contributed by atoms with Gasteiger partial charge < -0.3 is 15.5 Å². The minimum atomic E-state index is -4.68. The van der Waals surface area contributed by atoms with Gasteiger partial charge in [0.05, 0.1) is 29.4 Å². The van der Waals surface area contributed by atoms with Crippen LogP contribution in [0.1, 0.15) is 31.0 Å². The number of rotatable bonds is 6. The number of halogens is 3. The second-order valence-corrected chi connectivity index (χ2v) is 7.96. The summed E-state index contributed by atoms with van der Waals surface area (Å²) in [6.07, 6.45) is -3.22. The summed E-state index contributed by atoms with van der Waals surface area (Å²) in [5, 5.41) is 5.08. The number of likely N-dealkylation sites (N-methyl/N-ethyl adjacent to an activating group) is 1. The van der Waals surface area contributed by atoms with Crippen molar-refractivity contribution in [2.24, 2.45) is 5.92 Å². The van der Waals surface area contributed by atoms with Gasteiger partial charge in [0.25, 0.3) is 5.91 Å². The molecule has 10 heteroatoms. The van der Waals surface area contributed by atoms with Gasteiger partial charge in [-0.1, -0.05) is 38.1 Å². The molecule has 0 aliphatic carbocycles. The highest BCUT2D eigenvalue weighted by Crippen LogP contribution is 2.42. The molecule has 2 atom stereocenters. The number of urea groups is 1. The summed E-state index contributed by atoms with van der Waals surface area (Å²) in [5.41, 5.74) is -0.865. The number of amides is 4. The van der Waals surface area contributed by atoms with Crippen LogP contribution in [-0.2, 0) is 15.8 Å². The number of nitrogens with one attached hydrogen (secondary N) is 2. The summed E-state index contributed by atoms with van der Waals surface area (Å²) in [4.78, 5) is 41.4. The smallest absolute Gasteiger partial charge is 0.357 e. The Balaban J connectivity index is 2.16. The van der Waals surface area contributed by atoms with E-state index < -0.39 is 41.7 Å². The number of hydrogen-bond donors (Lipinski definition) is 2. The molecular weight excluding hydrogens is 425 g/mol. The maximum atomic E-state index is 13.7. The zero-order chi connectivity index (χ0) is 23.8. The van der Waals surface area contributed by atoms with Crippen molar-refractivity contribution in [3.05, 3.63) is 59.3 Å². The molecule has 0 radical (unpaired) electrons. The Bertz CT molecular complexity index is 987. The topological polar surface area (TPSA) is 81.8 Å². The van der Waals surface area contributed by atoms with Crippen LogP contribution in [0.2, 0.25) is 0 Å². The second kappa shape index (κ2) is 8.68. The lowest BCUT2D eigenvalue weighted by atomic mass is 9.91. The van der Waals surface area contributed by atoms with Crippen LogP contribution >= 0.6 is 0 Å². The Morgan fingerprint density at radius 1 is 1.31 bits per heavy atom. The van der Waals surface area contributed by atoms with Gasteiger partial charge in [0.15, 0.2) is 0 Å². The predicted molar refractivity (Wildman–Crippen MR) is 111 cm³/mol. The third-order valence-corrected chi connectivity index (χ3v) is 5.62. The van der Waals surface area contributed by atoms with Crippen LogP contribution in [0.5, 0.6) is 0 Å². The summed E-state index contributed by atoms with van der Waals surface area (Å²) < 4.78 is 41.1. The first-order valence-electron chi connectivity index (χ1n) is 10.1. The highest BCUT2D eigenvalue weighted by Gasteiger charge is 2.49. The molecule has 0 saturated carbocycles. The SMILES string of the molecule is C=CCN1C(=O)NC(c2ccccc2C(F)(F)F)C2=C1CN(C(C(=O)NC)C(C)C)C2=O. The van der Waals surface area contributed by atoms with E-state index in [1.54, 1.807) is 13.8 Å². The van der Waals surface area contributed by atoms with E-state index in [9.17, 15) is 27.6 Å². The average molecular weight is 450 g/mol. The average Bonchev–Trinajstić information content (AvgIpc) is 3.06. The van der Waals surface area contributed by atoms with Crippen LogP contribution in [0.3, 0.4) is 0 Å². The molecule has 2 heterocycles. The quantitative estimate of drug-likeness (QED) is 0.654. The Hall–Kier alpha value is -3.30. The van der Waals surface area contributed by atoms with Crippen molar-refractivity contribution < 1.29 is 27.6 Å². The maximum absolute atomic E-state index is 13.7. The summed E-state index contributed by atoms with van der Waals surface area (Å²) in [7, 11) is 1.45. The van der Waals surface area contributed by atoms with Crippen molar-refractivity contribution in [3.63, 3.8) is 0 Å². The molecule has 2 unspecified atom stereocenters. The monoisotopic (exact) mass is 450 g/mol. The largest absolute Gasteiger partial charge is 0.416 e. The number of benzene rings is 1. The van der Waals surface area contributed by atoms with E-state index in [0.717, 1.165) is 6.07 Å². The van der Waals surface area contributed by atoms with Crippen LogP contribution in [0.15, 0.2) is 48.2 Å². The van der Waals surface area contributed by atoms with Gasteiger partial charge in [-0.15, -0.1) is 6.58 Å². The predicted octanol–water partition coefficient (Wildman–Crippen LogP) is 2.82. The second-order valence-electron chi connectivity index (χ2n) is 7.96. The standard InChI is InChI=1S/C22H25F3N4O3/c1-5-10-28-15-11-29(18(12(2)3)19(30)26-4)20(31)16(15)17(27-21(28)32)13-8-6-7-9-14(13)22(23,24)25/h5-9,12,17-18H,1,10-11H2,2-4H3,(H,26,30)(H,27,32). The van der Waals surface area contributed by atoms with Crippen LogP contribution in [-0.4, -0.2) is 53.8 Å². The molecule has 0 aromatic heterocycles. The highest BCUT2D eigenvalue weighted by molar-refractivity contribution is 6.03. The van der Waals surface area contributed by atoms with E-state index >= 15 is 0 Å². The summed E-state index contributed by atoms with van der Waals surface area (Å²) >= 11 is 0. The van der Waals surface area contributed by atoms with Crippen molar-refractivity contribution in [1.29, 1.82) is 0 Å². The molecule has 2 N–H and O–H groups in total. The molecule has 32 heavy (non-hydrogen) atoms. The molecule has 0 spiro atoms. The normalized spacial score (nSPS) is 19.8. The molecule has 0 bridgehead atoms. The number of nitrogens with zero attached hydrogens (tertiary/aromatic N) is 2. The van der Waals surface area contributed by atoms with Gasteiger partial charge in [-0.25, -0.2) is 4.79 Å². The van der Waals surface area contributed by atoms with Gasteiger partial charge in [-0.2, -0.15) is 13.2 Å². The zero-order valence-corrected chi connectivity index (χ0v) is 18.0. The molecule has 7 nitrogen and oxygen atoms in total. The molecule has 1 aromatic rings. The lowest BCUT2D eigenvalue weighted by Crippen LogP contribution is -2.50. The molecule has 3 rings (SSSR count). The van der Waals surface area contributed by atoms with Gasteiger partial charge in [-0.05, 0) is 17.5 Å². The molecule has 2 aliphatic rings. The highest BCUT2D eigenvalue weighted by atomic mass is 19.4. The van der Waals surface area contributed by atoms with Crippen LogP contribution in [0.4, 0.5) is 18.0 Å². The van der Waals surface area contributed by atoms with E-state index in [1.807, 2.05) is 0 Å². The minimum Gasteiger partial charge on any atom is -0.357 e. The Morgan fingerprint density at radius 3 is 2.53 bits per heavy atom. The first-order valence-corrected chi connectivity index (χ1v) is 10.1. The summed E-state index contributed by atoms with van der Waals surface area (Å²) in [5.74, 6) is -1.24. The van der Waals surface area contributed by atoms with Crippen molar-refractivity contribution >= 4 is 17.8 Å².